The summed E-state index contributed by atoms with van der Waals surface area (Å²) in [6, 6.07) is -2.10. The molecule has 112 valence electrons. The molecule has 1 atom stereocenters. The number of carbonyl (C=O) groups excluding carboxylic acids is 2. The predicted molar refractivity (Wildman–Crippen MR) is 66.0 cm³/mol. The maximum absolute atomic E-state index is 11.8. The first kappa shape index (κ1) is 15.7. The molecule has 9 nitrogen and oxygen atoms in total. The van der Waals surface area contributed by atoms with Gasteiger partial charge < -0.3 is 25.3 Å². The number of aliphatic carboxylic acids is 2. The van der Waals surface area contributed by atoms with Crippen molar-refractivity contribution in [1.29, 1.82) is 0 Å². The highest BCUT2D eigenvalue weighted by molar-refractivity contribution is 5.86. The second-order valence-electron chi connectivity index (χ2n) is 4.43. The van der Waals surface area contributed by atoms with Crippen molar-refractivity contribution in [3.05, 3.63) is 0 Å². The minimum atomic E-state index is -1.47. The minimum Gasteiger partial charge on any atom is -0.481 e. The Morgan fingerprint density at radius 2 is 1.55 bits per heavy atom. The van der Waals surface area contributed by atoms with Crippen molar-refractivity contribution >= 4 is 23.9 Å². The molecule has 9 heteroatoms. The van der Waals surface area contributed by atoms with Gasteiger partial charge >= 0.3 is 18.0 Å². The van der Waals surface area contributed by atoms with Crippen LogP contribution in [0.5, 0.6) is 0 Å². The van der Waals surface area contributed by atoms with Crippen LogP contribution in [0.4, 0.5) is 4.79 Å². The van der Waals surface area contributed by atoms with Crippen LogP contribution in [0.15, 0.2) is 0 Å². The molecule has 0 saturated carbocycles. The lowest BCUT2D eigenvalue weighted by atomic mass is 10.2. The first-order valence-corrected chi connectivity index (χ1v) is 6.06. The number of carboxylic acids is 2. The second kappa shape index (κ2) is 6.73. The third-order valence-corrected chi connectivity index (χ3v) is 2.99. The molecule has 1 aliphatic rings. The zero-order valence-corrected chi connectivity index (χ0v) is 11.0. The van der Waals surface area contributed by atoms with Gasteiger partial charge in [-0.2, -0.15) is 0 Å². The van der Waals surface area contributed by atoms with Crippen LogP contribution in [0.25, 0.3) is 0 Å². The Morgan fingerprint density at radius 3 is 1.95 bits per heavy atom. The van der Waals surface area contributed by atoms with Crippen molar-refractivity contribution in [3.63, 3.8) is 0 Å². The Bertz CT molecular complexity index is 416. The average molecular weight is 287 g/mol. The molecule has 1 aliphatic heterocycles. The monoisotopic (exact) mass is 287 g/mol. The summed E-state index contributed by atoms with van der Waals surface area (Å²) in [5.74, 6) is -2.79. The molecule has 0 aromatic carbocycles. The Kier molecular flexibility index (Phi) is 5.30. The lowest BCUT2D eigenvalue weighted by molar-refractivity contribution is -0.145. The van der Waals surface area contributed by atoms with Crippen LogP contribution in [0.3, 0.4) is 0 Å². The number of carboxylic acid groups (broad SMARTS) is 2. The summed E-state index contributed by atoms with van der Waals surface area (Å²) in [5, 5.41) is 19.6. The summed E-state index contributed by atoms with van der Waals surface area (Å²) in [7, 11) is 0. The molecule has 0 unspecified atom stereocenters. The molecule has 1 rings (SSSR count). The Morgan fingerprint density at radius 1 is 1.05 bits per heavy atom. The van der Waals surface area contributed by atoms with Crippen molar-refractivity contribution in [2.24, 2.45) is 0 Å². The smallest absolute Gasteiger partial charge is 0.326 e. The zero-order chi connectivity index (χ0) is 15.3. The molecule has 0 spiro atoms. The first-order valence-electron chi connectivity index (χ1n) is 6.06. The van der Waals surface area contributed by atoms with Gasteiger partial charge in [0.05, 0.1) is 6.42 Å². The van der Waals surface area contributed by atoms with Crippen LogP contribution in [0.1, 0.15) is 13.3 Å². The van der Waals surface area contributed by atoms with Gasteiger partial charge in [0.2, 0.25) is 5.91 Å². The lowest BCUT2D eigenvalue weighted by Gasteiger charge is -2.34. The molecule has 3 N–H and O–H groups in total. The van der Waals surface area contributed by atoms with E-state index in [9.17, 15) is 19.2 Å². The second-order valence-corrected chi connectivity index (χ2v) is 4.43. The maximum Gasteiger partial charge on any atom is 0.326 e. The number of nitrogens with one attached hydrogen (secondary N) is 1. The van der Waals surface area contributed by atoms with Crippen molar-refractivity contribution in [2.75, 3.05) is 26.2 Å². The molecular formula is C11H17N3O6. The van der Waals surface area contributed by atoms with Gasteiger partial charge in [-0.25, -0.2) is 9.59 Å². The standard InChI is InChI=1S/C11H17N3O6/c1-7(15)13-2-4-14(5-3-13)11(20)12-8(10(18)19)6-9(16)17/h8H,2-6H2,1H3,(H,12,20)(H,16,17)(H,18,19)/t8-/m0/s1. The van der Waals surface area contributed by atoms with E-state index in [4.69, 9.17) is 10.2 Å². The van der Waals surface area contributed by atoms with Crippen LogP contribution in [-0.2, 0) is 14.4 Å². The molecule has 3 amide bonds. The normalized spacial score (nSPS) is 16.4. The van der Waals surface area contributed by atoms with Gasteiger partial charge in [0.15, 0.2) is 0 Å². The Balaban J connectivity index is 2.52. The van der Waals surface area contributed by atoms with Crippen molar-refractivity contribution in [1.82, 2.24) is 15.1 Å². The number of hydrogen-bond acceptors (Lipinski definition) is 4. The maximum atomic E-state index is 11.8. The summed E-state index contributed by atoms with van der Waals surface area (Å²) in [4.78, 5) is 47.3. The molecule has 20 heavy (non-hydrogen) atoms. The highest BCUT2D eigenvalue weighted by atomic mass is 16.4. The number of piperazine rings is 1. The van der Waals surface area contributed by atoms with E-state index in [0.717, 1.165) is 0 Å². The van der Waals surface area contributed by atoms with Crippen molar-refractivity contribution in [3.8, 4) is 0 Å². The molecule has 0 radical (unpaired) electrons. The van der Waals surface area contributed by atoms with Gasteiger partial charge in [-0.3, -0.25) is 9.59 Å². The largest absolute Gasteiger partial charge is 0.481 e. The molecule has 0 aromatic rings. The molecule has 0 bridgehead atoms. The van der Waals surface area contributed by atoms with Gasteiger partial charge in [-0.05, 0) is 0 Å². The number of urea groups is 1. The van der Waals surface area contributed by atoms with Crippen LogP contribution in [-0.4, -0.2) is 76.1 Å². The fourth-order valence-corrected chi connectivity index (χ4v) is 1.84. The highest BCUT2D eigenvalue weighted by Gasteiger charge is 2.27. The molecule has 1 fully saturated rings. The predicted octanol–water partition coefficient (Wildman–Crippen LogP) is -1.21. The van der Waals surface area contributed by atoms with Crippen LogP contribution in [0, 0.1) is 0 Å². The summed E-state index contributed by atoms with van der Waals surface area (Å²) in [6.07, 6.45) is -0.686. The third kappa shape index (κ3) is 4.41. The molecular weight excluding hydrogens is 270 g/mol. The Hall–Kier alpha value is -2.32. The van der Waals surface area contributed by atoms with Crippen molar-refractivity contribution in [2.45, 2.75) is 19.4 Å². The molecule has 1 heterocycles. The van der Waals surface area contributed by atoms with E-state index in [1.54, 1.807) is 4.90 Å². The summed E-state index contributed by atoms with van der Waals surface area (Å²) in [5.41, 5.74) is 0. The van der Waals surface area contributed by atoms with Gasteiger partial charge in [0, 0.05) is 33.1 Å². The van der Waals surface area contributed by atoms with Gasteiger partial charge in [0.1, 0.15) is 6.04 Å². The number of amides is 3. The number of carbonyl (C=O) groups is 4. The quantitative estimate of drug-likeness (QED) is 0.595. The van der Waals surface area contributed by atoms with Gasteiger partial charge in [0.25, 0.3) is 0 Å². The first-order chi connectivity index (χ1) is 9.31. The zero-order valence-electron chi connectivity index (χ0n) is 11.0. The van der Waals surface area contributed by atoms with E-state index in [1.807, 2.05) is 0 Å². The average Bonchev–Trinajstić information content (AvgIpc) is 2.37. The van der Waals surface area contributed by atoms with Crippen LogP contribution in [0.2, 0.25) is 0 Å². The van der Waals surface area contributed by atoms with Crippen LogP contribution < -0.4 is 5.32 Å². The third-order valence-electron chi connectivity index (χ3n) is 2.99. The molecule has 0 aliphatic carbocycles. The fourth-order valence-electron chi connectivity index (χ4n) is 1.84. The van der Waals surface area contributed by atoms with Crippen LogP contribution >= 0.6 is 0 Å². The summed E-state index contributed by atoms with van der Waals surface area (Å²) >= 11 is 0. The number of hydrogen-bond donors (Lipinski definition) is 3. The highest BCUT2D eigenvalue weighted by Crippen LogP contribution is 2.03. The molecule has 1 saturated heterocycles. The van der Waals surface area contributed by atoms with E-state index in [-0.39, 0.29) is 19.0 Å². The topological polar surface area (TPSA) is 127 Å². The van der Waals surface area contributed by atoms with E-state index >= 15 is 0 Å². The minimum absolute atomic E-state index is 0.0839. The fraction of sp³-hybridized carbons (Fsp3) is 0.636. The number of rotatable bonds is 4. The number of nitrogens with zero attached hydrogens (tertiary/aromatic N) is 2. The van der Waals surface area contributed by atoms with Crippen molar-refractivity contribution < 1.29 is 29.4 Å². The van der Waals surface area contributed by atoms with Gasteiger partial charge in [-0.1, -0.05) is 0 Å². The van der Waals surface area contributed by atoms with E-state index < -0.39 is 30.4 Å². The Labute approximate surface area is 115 Å². The van der Waals surface area contributed by atoms with E-state index in [1.165, 1.54) is 11.8 Å². The summed E-state index contributed by atoms with van der Waals surface area (Å²) < 4.78 is 0. The molecule has 0 aromatic heterocycles. The summed E-state index contributed by atoms with van der Waals surface area (Å²) in [6.45, 7) is 2.75. The SMILES string of the molecule is CC(=O)N1CCN(C(=O)N[C@@H](CC(=O)O)C(=O)O)CC1. The lowest BCUT2D eigenvalue weighted by Crippen LogP contribution is -2.55. The van der Waals surface area contributed by atoms with E-state index in [2.05, 4.69) is 5.32 Å². The van der Waals surface area contributed by atoms with Gasteiger partial charge in [-0.15, -0.1) is 0 Å². The van der Waals surface area contributed by atoms with E-state index in [0.29, 0.717) is 13.1 Å².